The van der Waals surface area contributed by atoms with Crippen LogP contribution in [0.3, 0.4) is 0 Å². The third-order valence-electron chi connectivity index (χ3n) is 4.24. The van der Waals surface area contributed by atoms with Gasteiger partial charge in [0.15, 0.2) is 11.5 Å². The van der Waals surface area contributed by atoms with Gasteiger partial charge in [-0.05, 0) is 35.4 Å². The van der Waals surface area contributed by atoms with Gasteiger partial charge in [-0.15, -0.1) is 0 Å². The van der Waals surface area contributed by atoms with Gasteiger partial charge in [-0.3, -0.25) is 0 Å². The van der Waals surface area contributed by atoms with Gasteiger partial charge in [0.1, 0.15) is 5.52 Å². The monoisotopic (exact) mass is 378 g/mol. The molecular weight excluding hydrogens is 360 g/mol. The van der Waals surface area contributed by atoms with Crippen molar-refractivity contribution in [2.45, 2.75) is 11.3 Å². The van der Waals surface area contributed by atoms with Gasteiger partial charge < -0.3 is 4.42 Å². The Morgan fingerprint density at radius 1 is 0.815 bits per heavy atom. The standard InChI is InChI=1S/C21H18N2O3S/c24-27(25,18-12-10-17(11-13-18)16-6-2-1-3-7-16)22-15-14-21-23-19-8-4-5-9-20(19)26-21/h1-13,22H,14-15H2. The molecule has 0 aliphatic rings. The lowest BCUT2D eigenvalue weighted by Crippen LogP contribution is -2.26. The van der Waals surface area contributed by atoms with Crippen molar-refractivity contribution in [3.8, 4) is 11.1 Å². The summed E-state index contributed by atoms with van der Waals surface area (Å²) in [4.78, 5) is 4.58. The molecule has 1 aromatic heterocycles. The highest BCUT2D eigenvalue weighted by Crippen LogP contribution is 2.21. The van der Waals surface area contributed by atoms with Crippen LogP contribution in [0.1, 0.15) is 5.89 Å². The fourth-order valence-corrected chi connectivity index (χ4v) is 3.89. The number of oxazole rings is 1. The molecule has 0 saturated heterocycles. The summed E-state index contributed by atoms with van der Waals surface area (Å²) in [6.07, 6.45) is 0.385. The van der Waals surface area contributed by atoms with E-state index in [2.05, 4.69) is 9.71 Å². The number of fused-ring (bicyclic) bond motifs is 1. The first-order chi connectivity index (χ1) is 13.1. The van der Waals surface area contributed by atoms with Gasteiger partial charge in [0.05, 0.1) is 4.90 Å². The van der Waals surface area contributed by atoms with Gasteiger partial charge in [0.25, 0.3) is 0 Å². The first-order valence-electron chi connectivity index (χ1n) is 8.61. The third kappa shape index (κ3) is 3.92. The molecule has 0 bridgehead atoms. The zero-order valence-electron chi connectivity index (χ0n) is 14.5. The number of nitrogens with one attached hydrogen (secondary N) is 1. The van der Waals surface area contributed by atoms with E-state index in [9.17, 15) is 8.42 Å². The largest absolute Gasteiger partial charge is 0.441 e. The highest BCUT2D eigenvalue weighted by atomic mass is 32.2. The molecule has 4 aromatic rings. The van der Waals surface area contributed by atoms with Crippen LogP contribution in [0, 0.1) is 0 Å². The van der Waals surface area contributed by atoms with Gasteiger partial charge in [-0.2, -0.15) is 0 Å². The first kappa shape index (κ1) is 17.5. The second-order valence-corrected chi connectivity index (χ2v) is 7.88. The van der Waals surface area contributed by atoms with E-state index in [1.807, 2.05) is 66.7 Å². The zero-order valence-corrected chi connectivity index (χ0v) is 15.3. The van der Waals surface area contributed by atoms with Crippen LogP contribution in [0.5, 0.6) is 0 Å². The van der Waals surface area contributed by atoms with Gasteiger partial charge in [-0.1, -0.05) is 54.6 Å². The number of rotatable bonds is 6. The smallest absolute Gasteiger partial charge is 0.240 e. The molecule has 0 atom stereocenters. The molecule has 6 heteroatoms. The summed E-state index contributed by atoms with van der Waals surface area (Å²) in [5, 5.41) is 0. The SMILES string of the molecule is O=S(=O)(NCCc1nc2ccccc2o1)c1ccc(-c2ccccc2)cc1. The maximum Gasteiger partial charge on any atom is 0.240 e. The van der Waals surface area contributed by atoms with Crippen LogP contribution < -0.4 is 4.72 Å². The Bertz CT molecular complexity index is 1120. The molecule has 0 unspecified atom stereocenters. The fourth-order valence-electron chi connectivity index (χ4n) is 2.86. The summed E-state index contributed by atoms with van der Waals surface area (Å²) in [6, 6.07) is 24.1. The lowest BCUT2D eigenvalue weighted by Gasteiger charge is -2.07. The molecule has 3 aromatic carbocycles. The Kier molecular flexibility index (Phi) is 4.75. The van der Waals surface area contributed by atoms with Crippen molar-refractivity contribution in [1.29, 1.82) is 0 Å². The normalized spacial score (nSPS) is 11.7. The Hall–Kier alpha value is -2.96. The topological polar surface area (TPSA) is 72.2 Å². The van der Waals surface area contributed by atoms with Gasteiger partial charge in [0, 0.05) is 13.0 Å². The second-order valence-electron chi connectivity index (χ2n) is 6.11. The average molecular weight is 378 g/mol. The number of sulfonamides is 1. The number of nitrogens with zero attached hydrogens (tertiary/aromatic N) is 1. The molecule has 0 spiro atoms. The van der Waals surface area contributed by atoms with E-state index < -0.39 is 10.0 Å². The molecule has 1 heterocycles. The number of hydrogen-bond donors (Lipinski definition) is 1. The Morgan fingerprint density at radius 2 is 1.48 bits per heavy atom. The average Bonchev–Trinajstić information content (AvgIpc) is 3.11. The van der Waals surface area contributed by atoms with Crippen LogP contribution in [-0.4, -0.2) is 19.9 Å². The van der Waals surface area contributed by atoms with E-state index in [1.54, 1.807) is 12.1 Å². The van der Waals surface area contributed by atoms with Crippen molar-refractivity contribution in [3.63, 3.8) is 0 Å². The maximum atomic E-state index is 12.5. The Morgan fingerprint density at radius 3 is 2.22 bits per heavy atom. The minimum absolute atomic E-state index is 0.218. The lowest BCUT2D eigenvalue weighted by atomic mass is 10.1. The van der Waals surface area contributed by atoms with Gasteiger partial charge in [0.2, 0.25) is 10.0 Å². The summed E-state index contributed by atoms with van der Waals surface area (Å²) in [5.41, 5.74) is 3.49. The Balaban J connectivity index is 1.42. The predicted octanol–water partition coefficient (Wildman–Crippen LogP) is 4.02. The Labute approximate surface area is 157 Å². The van der Waals surface area contributed by atoms with Crippen molar-refractivity contribution in [2.75, 3.05) is 6.54 Å². The van der Waals surface area contributed by atoms with Crippen LogP contribution >= 0.6 is 0 Å². The summed E-state index contributed by atoms with van der Waals surface area (Å²) < 4.78 is 33.2. The molecule has 5 nitrogen and oxygen atoms in total. The quantitative estimate of drug-likeness (QED) is 0.550. The highest BCUT2D eigenvalue weighted by molar-refractivity contribution is 7.89. The minimum atomic E-state index is -3.58. The van der Waals surface area contributed by atoms with Crippen molar-refractivity contribution >= 4 is 21.1 Å². The molecule has 27 heavy (non-hydrogen) atoms. The second kappa shape index (κ2) is 7.34. The molecule has 0 saturated carbocycles. The van der Waals surface area contributed by atoms with Crippen LogP contribution in [0.15, 0.2) is 88.2 Å². The molecule has 0 aliphatic carbocycles. The zero-order chi connectivity index (χ0) is 18.7. The van der Waals surface area contributed by atoms with Crippen LogP contribution in [-0.2, 0) is 16.4 Å². The fraction of sp³-hybridized carbons (Fsp3) is 0.0952. The molecular formula is C21H18N2O3S. The van der Waals surface area contributed by atoms with Crippen LogP contribution in [0.25, 0.3) is 22.2 Å². The maximum absolute atomic E-state index is 12.5. The first-order valence-corrected chi connectivity index (χ1v) is 10.1. The molecule has 0 aliphatic heterocycles. The number of hydrogen-bond acceptors (Lipinski definition) is 4. The van der Waals surface area contributed by atoms with Crippen molar-refractivity contribution in [3.05, 3.63) is 84.8 Å². The number of aromatic nitrogens is 1. The van der Waals surface area contributed by atoms with Gasteiger partial charge in [-0.25, -0.2) is 18.1 Å². The summed E-state index contributed by atoms with van der Waals surface area (Å²) in [5.74, 6) is 0.512. The summed E-state index contributed by atoms with van der Waals surface area (Å²) in [7, 11) is -3.58. The van der Waals surface area contributed by atoms with E-state index >= 15 is 0 Å². The summed E-state index contributed by atoms with van der Waals surface area (Å²) >= 11 is 0. The molecule has 1 N–H and O–H groups in total. The summed E-state index contributed by atoms with van der Waals surface area (Å²) in [6.45, 7) is 0.218. The van der Waals surface area contributed by atoms with E-state index in [4.69, 9.17) is 4.42 Å². The van der Waals surface area contributed by atoms with Gasteiger partial charge >= 0.3 is 0 Å². The van der Waals surface area contributed by atoms with Crippen LogP contribution in [0.4, 0.5) is 0 Å². The van der Waals surface area contributed by atoms with E-state index in [0.29, 0.717) is 17.9 Å². The number of benzene rings is 3. The third-order valence-corrected chi connectivity index (χ3v) is 5.72. The predicted molar refractivity (Wildman–Crippen MR) is 105 cm³/mol. The molecule has 0 radical (unpaired) electrons. The lowest BCUT2D eigenvalue weighted by molar-refractivity contribution is 0.523. The van der Waals surface area contributed by atoms with E-state index in [1.165, 1.54) is 0 Å². The van der Waals surface area contributed by atoms with E-state index in [-0.39, 0.29) is 11.4 Å². The molecule has 0 amide bonds. The number of para-hydroxylation sites is 2. The van der Waals surface area contributed by atoms with Crippen LogP contribution in [0.2, 0.25) is 0 Å². The molecule has 0 fully saturated rings. The van der Waals surface area contributed by atoms with E-state index in [0.717, 1.165) is 16.6 Å². The van der Waals surface area contributed by atoms with Crippen molar-refractivity contribution in [2.24, 2.45) is 0 Å². The highest BCUT2D eigenvalue weighted by Gasteiger charge is 2.14. The van der Waals surface area contributed by atoms with Crippen molar-refractivity contribution in [1.82, 2.24) is 9.71 Å². The molecule has 136 valence electrons. The molecule has 4 rings (SSSR count). The minimum Gasteiger partial charge on any atom is -0.441 e. The van der Waals surface area contributed by atoms with Crippen molar-refractivity contribution < 1.29 is 12.8 Å².